The zero-order chi connectivity index (χ0) is 20.1. The third kappa shape index (κ3) is 4.80. The van der Waals surface area contributed by atoms with Crippen LogP contribution in [0.15, 0.2) is 46.9 Å². The van der Waals surface area contributed by atoms with E-state index in [2.05, 4.69) is 5.32 Å². The number of sulfonamides is 1. The number of hydrogen-bond acceptors (Lipinski definition) is 5. The summed E-state index contributed by atoms with van der Waals surface area (Å²) in [5.74, 6) is -0.612. The van der Waals surface area contributed by atoms with E-state index in [4.69, 9.17) is 11.6 Å². The Hall–Kier alpha value is -2.18. The van der Waals surface area contributed by atoms with Gasteiger partial charge in [0, 0.05) is 23.7 Å². The van der Waals surface area contributed by atoms with Crippen LogP contribution in [0.2, 0.25) is 4.34 Å². The minimum Gasteiger partial charge on any atom is -0.321 e. The lowest BCUT2D eigenvalue weighted by Crippen LogP contribution is -2.35. The fraction of sp³-hybridized carbons (Fsp3) is 0.263. The van der Waals surface area contributed by atoms with Crippen molar-refractivity contribution in [3.05, 3.63) is 51.2 Å². The highest BCUT2D eigenvalue weighted by Crippen LogP contribution is 2.25. The number of hydrogen-bond donors (Lipinski definition) is 1. The fourth-order valence-corrected chi connectivity index (χ4v) is 5.45. The molecule has 146 valence electrons. The van der Waals surface area contributed by atoms with E-state index in [1.165, 1.54) is 33.9 Å². The van der Waals surface area contributed by atoms with E-state index < -0.39 is 15.9 Å². The van der Waals surface area contributed by atoms with E-state index in [9.17, 15) is 18.5 Å². The number of halogens is 1. The summed E-state index contributed by atoms with van der Waals surface area (Å²) < 4.78 is 27.6. The summed E-state index contributed by atoms with van der Waals surface area (Å²) in [6.45, 7) is 1.01. The van der Waals surface area contributed by atoms with Crippen molar-refractivity contribution in [2.45, 2.75) is 24.2 Å². The molecule has 3 rings (SSSR count). The van der Waals surface area contributed by atoms with Gasteiger partial charge in [-0.15, -0.1) is 11.3 Å². The number of amides is 1. The molecule has 1 aromatic heterocycles. The van der Waals surface area contributed by atoms with Gasteiger partial charge >= 0.3 is 0 Å². The first kappa shape index (κ1) is 20.6. The van der Waals surface area contributed by atoms with E-state index in [-0.39, 0.29) is 10.5 Å². The zero-order valence-corrected chi connectivity index (χ0v) is 17.3. The molecule has 0 aliphatic carbocycles. The minimum absolute atomic E-state index is 0.0946. The van der Waals surface area contributed by atoms with Crippen molar-refractivity contribution in [2.24, 2.45) is 0 Å². The highest BCUT2D eigenvalue weighted by Gasteiger charge is 2.26. The molecular weight excluding hydrogens is 418 g/mol. The molecule has 1 saturated heterocycles. The molecule has 0 bridgehead atoms. The van der Waals surface area contributed by atoms with E-state index in [0.29, 0.717) is 28.0 Å². The van der Waals surface area contributed by atoms with Crippen molar-refractivity contribution >= 4 is 50.6 Å². The van der Waals surface area contributed by atoms with E-state index in [0.717, 1.165) is 19.3 Å². The molecule has 0 spiro atoms. The molecule has 2 heterocycles. The third-order valence-electron chi connectivity index (χ3n) is 4.29. The Kier molecular flexibility index (Phi) is 6.52. The molecule has 0 radical (unpaired) electrons. The highest BCUT2D eigenvalue weighted by molar-refractivity contribution is 7.89. The van der Waals surface area contributed by atoms with Gasteiger partial charge in [-0.3, -0.25) is 4.79 Å². The first-order valence-electron chi connectivity index (χ1n) is 8.69. The van der Waals surface area contributed by atoms with Crippen molar-refractivity contribution in [1.29, 1.82) is 5.26 Å². The van der Waals surface area contributed by atoms with Crippen LogP contribution >= 0.6 is 22.9 Å². The number of nitrogens with zero attached hydrogens (tertiary/aromatic N) is 2. The normalized spacial score (nSPS) is 15.8. The number of anilines is 1. The smallest absolute Gasteiger partial charge is 0.266 e. The lowest BCUT2D eigenvalue weighted by Gasteiger charge is -2.26. The maximum absolute atomic E-state index is 12.8. The number of thiophene rings is 1. The van der Waals surface area contributed by atoms with Crippen LogP contribution in [-0.4, -0.2) is 31.7 Å². The van der Waals surface area contributed by atoms with Crippen LogP contribution in [0.4, 0.5) is 5.69 Å². The second kappa shape index (κ2) is 8.88. The van der Waals surface area contributed by atoms with Gasteiger partial charge in [0.2, 0.25) is 10.0 Å². The van der Waals surface area contributed by atoms with Gasteiger partial charge in [0.25, 0.3) is 5.91 Å². The molecule has 0 unspecified atom stereocenters. The van der Waals surface area contributed by atoms with Crippen molar-refractivity contribution in [3.63, 3.8) is 0 Å². The molecule has 1 N–H and O–H groups in total. The second-order valence-corrected chi connectivity index (χ2v) is 9.94. The molecule has 0 atom stereocenters. The van der Waals surface area contributed by atoms with Crippen LogP contribution in [0.3, 0.4) is 0 Å². The third-order valence-corrected chi connectivity index (χ3v) is 7.36. The minimum atomic E-state index is -3.60. The van der Waals surface area contributed by atoms with Crippen LogP contribution in [-0.2, 0) is 14.8 Å². The van der Waals surface area contributed by atoms with Gasteiger partial charge < -0.3 is 5.32 Å². The molecule has 0 saturated carbocycles. The summed E-state index contributed by atoms with van der Waals surface area (Å²) in [5, 5.41) is 11.9. The fourth-order valence-electron chi connectivity index (χ4n) is 2.88. The molecule has 1 aliphatic heterocycles. The van der Waals surface area contributed by atoms with Crippen LogP contribution in [0, 0.1) is 11.3 Å². The number of rotatable bonds is 5. The predicted molar refractivity (Wildman–Crippen MR) is 111 cm³/mol. The standard InChI is InChI=1S/C19H18ClN3O3S2/c20-18-8-7-16(27-18)11-14(13-21)19(24)22-15-5-4-6-17(12-15)28(25,26)23-9-2-1-3-10-23/h4-8,11-12H,1-3,9-10H2,(H,22,24)/b14-11+. The molecule has 6 nitrogen and oxygen atoms in total. The van der Waals surface area contributed by atoms with E-state index in [1.807, 2.05) is 6.07 Å². The molecule has 28 heavy (non-hydrogen) atoms. The number of nitriles is 1. The van der Waals surface area contributed by atoms with Gasteiger partial charge in [0.15, 0.2) is 0 Å². The van der Waals surface area contributed by atoms with Gasteiger partial charge in [-0.05, 0) is 49.2 Å². The number of carbonyl (C=O) groups is 1. The first-order chi connectivity index (χ1) is 13.4. The molecule has 1 fully saturated rings. The largest absolute Gasteiger partial charge is 0.321 e. The summed E-state index contributed by atoms with van der Waals surface area (Å²) in [6.07, 6.45) is 4.17. The Balaban J connectivity index is 1.79. The van der Waals surface area contributed by atoms with Gasteiger partial charge in [0.1, 0.15) is 11.6 Å². The maximum Gasteiger partial charge on any atom is 0.266 e. The van der Waals surface area contributed by atoms with Crippen LogP contribution in [0.1, 0.15) is 24.1 Å². The van der Waals surface area contributed by atoms with Crippen molar-refractivity contribution in [3.8, 4) is 6.07 Å². The van der Waals surface area contributed by atoms with Gasteiger partial charge in [-0.25, -0.2) is 8.42 Å². The van der Waals surface area contributed by atoms with E-state index >= 15 is 0 Å². The van der Waals surface area contributed by atoms with Crippen LogP contribution in [0.25, 0.3) is 6.08 Å². The van der Waals surface area contributed by atoms with E-state index in [1.54, 1.807) is 24.3 Å². The summed E-state index contributed by atoms with van der Waals surface area (Å²) in [7, 11) is -3.60. The first-order valence-corrected chi connectivity index (χ1v) is 11.3. The predicted octanol–water partition coefficient (Wildman–Crippen LogP) is 4.12. The van der Waals surface area contributed by atoms with Crippen molar-refractivity contribution < 1.29 is 13.2 Å². The highest BCUT2D eigenvalue weighted by atomic mass is 35.5. The SMILES string of the molecule is N#C/C(=C\c1ccc(Cl)s1)C(=O)Nc1cccc(S(=O)(=O)N2CCCCC2)c1. The topological polar surface area (TPSA) is 90.3 Å². The maximum atomic E-state index is 12.8. The monoisotopic (exact) mass is 435 g/mol. The summed E-state index contributed by atoms with van der Waals surface area (Å²) >= 11 is 7.12. The van der Waals surface area contributed by atoms with Gasteiger partial charge in [-0.1, -0.05) is 24.1 Å². The number of carbonyl (C=O) groups excluding carboxylic acids is 1. The summed E-state index contributed by atoms with van der Waals surface area (Å²) in [4.78, 5) is 13.2. The number of nitrogens with one attached hydrogen (secondary N) is 1. The average Bonchev–Trinajstić information content (AvgIpc) is 3.11. The summed E-state index contributed by atoms with van der Waals surface area (Å²) in [5.41, 5.74) is 0.219. The average molecular weight is 436 g/mol. The molecule has 1 amide bonds. The van der Waals surface area contributed by atoms with Crippen molar-refractivity contribution in [2.75, 3.05) is 18.4 Å². The molecule has 1 aromatic carbocycles. The Morgan fingerprint density at radius 2 is 1.96 bits per heavy atom. The van der Waals surface area contributed by atoms with Crippen LogP contribution in [0.5, 0.6) is 0 Å². The lowest BCUT2D eigenvalue weighted by atomic mass is 10.2. The quantitative estimate of drug-likeness (QED) is 0.564. The molecule has 2 aromatic rings. The lowest BCUT2D eigenvalue weighted by molar-refractivity contribution is -0.112. The van der Waals surface area contributed by atoms with Crippen molar-refractivity contribution in [1.82, 2.24) is 4.31 Å². The number of benzene rings is 1. The zero-order valence-electron chi connectivity index (χ0n) is 14.9. The summed E-state index contributed by atoms with van der Waals surface area (Å²) in [6, 6.07) is 11.3. The molecule has 1 aliphatic rings. The second-order valence-electron chi connectivity index (χ2n) is 6.26. The Labute approximate surface area is 173 Å². The number of piperidine rings is 1. The molecular formula is C19H18ClN3O3S2. The Morgan fingerprint density at radius 1 is 1.21 bits per heavy atom. The van der Waals surface area contributed by atoms with Gasteiger partial charge in [-0.2, -0.15) is 9.57 Å². The Bertz CT molecular complexity index is 1050. The molecule has 9 heteroatoms. The Morgan fingerprint density at radius 3 is 2.61 bits per heavy atom. The van der Waals surface area contributed by atoms with Gasteiger partial charge in [0.05, 0.1) is 9.23 Å². The van der Waals surface area contributed by atoms with Crippen LogP contribution < -0.4 is 5.32 Å².